The molecule has 104 valence electrons. The van der Waals surface area contributed by atoms with E-state index in [0.29, 0.717) is 26.1 Å². The van der Waals surface area contributed by atoms with Crippen LogP contribution in [0.15, 0.2) is 24.3 Å². The average Bonchev–Trinajstić information content (AvgIpc) is 2.42. The first-order valence-electron chi connectivity index (χ1n) is 6.83. The molecule has 1 aliphatic heterocycles. The van der Waals surface area contributed by atoms with Crippen LogP contribution in [0.3, 0.4) is 0 Å². The molecule has 0 fully saturated rings. The molecular weight excluding hydrogens is 242 g/mol. The summed E-state index contributed by atoms with van der Waals surface area (Å²) in [6.45, 7) is 4.77. The van der Waals surface area contributed by atoms with Gasteiger partial charge < -0.3 is 9.84 Å². The molecule has 1 N–H and O–H groups in total. The van der Waals surface area contributed by atoms with Gasteiger partial charge in [-0.3, -0.25) is 9.69 Å². The number of aliphatic carboxylic acids is 1. The second-order valence-electron chi connectivity index (χ2n) is 4.91. The second kappa shape index (κ2) is 6.68. The summed E-state index contributed by atoms with van der Waals surface area (Å²) >= 11 is 0. The van der Waals surface area contributed by atoms with Gasteiger partial charge in [0.2, 0.25) is 0 Å². The van der Waals surface area contributed by atoms with Gasteiger partial charge in [-0.25, -0.2) is 0 Å². The predicted octanol–water partition coefficient (Wildman–Crippen LogP) is 1.92. The molecule has 0 spiro atoms. The van der Waals surface area contributed by atoms with Crippen LogP contribution in [0.2, 0.25) is 0 Å². The lowest BCUT2D eigenvalue weighted by Crippen LogP contribution is -2.46. The Kier molecular flexibility index (Phi) is 4.93. The molecule has 0 saturated heterocycles. The molecule has 0 radical (unpaired) electrons. The number of carboxylic acid groups (broad SMARTS) is 1. The summed E-state index contributed by atoms with van der Waals surface area (Å²) < 4.78 is 5.47. The van der Waals surface area contributed by atoms with E-state index in [0.717, 1.165) is 18.6 Å². The van der Waals surface area contributed by atoms with Gasteiger partial charge in [-0.1, -0.05) is 31.2 Å². The topological polar surface area (TPSA) is 49.8 Å². The van der Waals surface area contributed by atoms with E-state index in [1.807, 2.05) is 23.1 Å². The van der Waals surface area contributed by atoms with Crippen LogP contribution in [-0.2, 0) is 22.5 Å². The van der Waals surface area contributed by atoms with Gasteiger partial charge in [-0.05, 0) is 24.0 Å². The van der Waals surface area contributed by atoms with Crippen molar-refractivity contribution < 1.29 is 14.6 Å². The average molecular weight is 263 g/mol. The highest BCUT2D eigenvalue weighted by atomic mass is 16.5. The Morgan fingerprint density at radius 1 is 1.37 bits per heavy atom. The van der Waals surface area contributed by atoms with Gasteiger partial charge in [0.1, 0.15) is 6.04 Å². The Labute approximate surface area is 114 Å². The van der Waals surface area contributed by atoms with E-state index in [-0.39, 0.29) is 0 Å². The van der Waals surface area contributed by atoms with Crippen LogP contribution < -0.4 is 0 Å². The summed E-state index contributed by atoms with van der Waals surface area (Å²) in [4.78, 5) is 13.4. The highest BCUT2D eigenvalue weighted by Crippen LogP contribution is 2.23. The van der Waals surface area contributed by atoms with Crippen LogP contribution in [0.1, 0.15) is 24.5 Å². The zero-order valence-corrected chi connectivity index (χ0v) is 11.3. The molecule has 2 rings (SSSR count). The van der Waals surface area contributed by atoms with Crippen molar-refractivity contribution in [2.45, 2.75) is 32.4 Å². The minimum atomic E-state index is -0.745. The maximum absolute atomic E-state index is 11.4. The van der Waals surface area contributed by atoms with Crippen molar-refractivity contribution in [2.75, 3.05) is 19.8 Å². The zero-order chi connectivity index (χ0) is 13.7. The largest absolute Gasteiger partial charge is 0.480 e. The second-order valence-corrected chi connectivity index (χ2v) is 4.91. The van der Waals surface area contributed by atoms with E-state index in [9.17, 15) is 9.90 Å². The van der Waals surface area contributed by atoms with Gasteiger partial charge >= 0.3 is 5.97 Å². The van der Waals surface area contributed by atoms with Crippen LogP contribution in [0.5, 0.6) is 0 Å². The molecule has 0 unspecified atom stereocenters. The first-order chi connectivity index (χ1) is 9.22. The molecule has 4 nitrogen and oxygen atoms in total. The smallest absolute Gasteiger partial charge is 0.321 e. The van der Waals surface area contributed by atoms with Crippen molar-refractivity contribution in [1.29, 1.82) is 0 Å². The molecule has 19 heavy (non-hydrogen) atoms. The number of hydrogen-bond donors (Lipinski definition) is 1. The van der Waals surface area contributed by atoms with Crippen LogP contribution in [0, 0.1) is 0 Å². The van der Waals surface area contributed by atoms with Gasteiger partial charge in [0.25, 0.3) is 0 Å². The molecule has 0 saturated carbocycles. The fraction of sp³-hybridized carbons (Fsp3) is 0.533. The fourth-order valence-electron chi connectivity index (χ4n) is 2.48. The van der Waals surface area contributed by atoms with Gasteiger partial charge in [0.15, 0.2) is 0 Å². The van der Waals surface area contributed by atoms with Crippen molar-refractivity contribution in [1.82, 2.24) is 4.90 Å². The lowest BCUT2D eigenvalue weighted by atomic mass is 9.94. The van der Waals surface area contributed by atoms with Gasteiger partial charge in [-0.15, -0.1) is 0 Å². The van der Waals surface area contributed by atoms with Crippen LogP contribution in [0.25, 0.3) is 0 Å². The van der Waals surface area contributed by atoms with Gasteiger partial charge in [0.05, 0.1) is 6.61 Å². The normalized spacial score (nSPS) is 19.1. The first kappa shape index (κ1) is 14.0. The van der Waals surface area contributed by atoms with Crippen molar-refractivity contribution >= 4 is 5.97 Å². The van der Waals surface area contributed by atoms with E-state index < -0.39 is 12.0 Å². The third-order valence-corrected chi connectivity index (χ3v) is 3.50. The fourth-order valence-corrected chi connectivity index (χ4v) is 2.48. The minimum absolute atomic E-state index is 0.430. The number of ether oxygens (including phenoxy) is 1. The molecule has 1 aliphatic rings. The third kappa shape index (κ3) is 3.55. The molecule has 1 heterocycles. The standard InChI is InChI=1S/C15H21NO3/c1-2-8-19-9-7-16-11-13-6-4-3-5-12(13)10-14(16)15(17)18/h3-6,14H,2,7-11H2,1H3,(H,17,18)/t14-/m0/s1. The molecule has 0 aromatic heterocycles. The van der Waals surface area contributed by atoms with Crippen LogP contribution in [0.4, 0.5) is 0 Å². The number of nitrogens with zero attached hydrogens (tertiary/aromatic N) is 1. The highest BCUT2D eigenvalue weighted by molar-refractivity contribution is 5.74. The maximum atomic E-state index is 11.4. The number of fused-ring (bicyclic) bond motifs is 1. The van der Waals surface area contributed by atoms with Gasteiger partial charge in [-0.2, -0.15) is 0 Å². The quantitative estimate of drug-likeness (QED) is 0.797. The summed E-state index contributed by atoms with van der Waals surface area (Å²) in [5.74, 6) is -0.745. The number of hydrogen-bond acceptors (Lipinski definition) is 3. The van der Waals surface area contributed by atoms with E-state index in [2.05, 4.69) is 13.0 Å². The van der Waals surface area contributed by atoms with Crippen LogP contribution in [-0.4, -0.2) is 41.8 Å². The molecular formula is C15H21NO3. The Bertz CT molecular complexity index is 433. The molecule has 0 amide bonds. The van der Waals surface area contributed by atoms with Crippen molar-refractivity contribution in [3.05, 3.63) is 35.4 Å². The Hall–Kier alpha value is -1.39. The monoisotopic (exact) mass is 263 g/mol. The lowest BCUT2D eigenvalue weighted by molar-refractivity contribution is -0.144. The maximum Gasteiger partial charge on any atom is 0.321 e. The zero-order valence-electron chi connectivity index (χ0n) is 11.3. The summed E-state index contributed by atoms with van der Waals surface area (Å²) in [7, 11) is 0. The Balaban J connectivity index is 2.02. The van der Waals surface area contributed by atoms with E-state index >= 15 is 0 Å². The molecule has 0 bridgehead atoms. The SMILES string of the molecule is CCCOCCN1Cc2ccccc2C[C@H]1C(=O)O. The Morgan fingerprint density at radius 2 is 2.11 bits per heavy atom. The van der Waals surface area contributed by atoms with Crippen molar-refractivity contribution in [3.8, 4) is 0 Å². The molecule has 1 aromatic rings. The van der Waals surface area contributed by atoms with E-state index in [1.165, 1.54) is 5.56 Å². The molecule has 1 atom stereocenters. The lowest BCUT2D eigenvalue weighted by Gasteiger charge is -2.34. The van der Waals surface area contributed by atoms with E-state index in [1.54, 1.807) is 0 Å². The van der Waals surface area contributed by atoms with Crippen molar-refractivity contribution in [3.63, 3.8) is 0 Å². The molecule has 1 aromatic carbocycles. The predicted molar refractivity (Wildman–Crippen MR) is 73.1 cm³/mol. The summed E-state index contributed by atoms with van der Waals surface area (Å²) in [5, 5.41) is 9.35. The van der Waals surface area contributed by atoms with E-state index in [4.69, 9.17) is 4.74 Å². The molecule has 0 aliphatic carbocycles. The summed E-state index contributed by atoms with van der Waals surface area (Å²) in [6.07, 6.45) is 1.57. The summed E-state index contributed by atoms with van der Waals surface area (Å²) in [6, 6.07) is 7.65. The number of carboxylic acids is 1. The number of rotatable bonds is 6. The Morgan fingerprint density at radius 3 is 2.79 bits per heavy atom. The van der Waals surface area contributed by atoms with Crippen LogP contribution >= 0.6 is 0 Å². The van der Waals surface area contributed by atoms with Gasteiger partial charge in [0, 0.05) is 19.7 Å². The first-order valence-corrected chi connectivity index (χ1v) is 6.83. The van der Waals surface area contributed by atoms with Crippen molar-refractivity contribution in [2.24, 2.45) is 0 Å². The third-order valence-electron chi connectivity index (χ3n) is 3.50. The summed E-state index contributed by atoms with van der Waals surface area (Å²) in [5.41, 5.74) is 2.39. The number of benzene rings is 1. The number of carbonyl (C=O) groups is 1. The molecule has 4 heteroatoms. The minimum Gasteiger partial charge on any atom is -0.480 e. The highest BCUT2D eigenvalue weighted by Gasteiger charge is 2.30.